The van der Waals surface area contributed by atoms with Gasteiger partial charge in [-0.05, 0) is 82.9 Å². The summed E-state index contributed by atoms with van der Waals surface area (Å²) in [6.45, 7) is 0. The first-order valence-electron chi connectivity index (χ1n) is 15.2. The van der Waals surface area contributed by atoms with Gasteiger partial charge < -0.3 is 13.7 Å². The van der Waals surface area contributed by atoms with Crippen LogP contribution in [0, 0.1) is 0 Å². The van der Waals surface area contributed by atoms with Gasteiger partial charge in [0.05, 0.1) is 0 Å². The fourth-order valence-corrected chi connectivity index (χ4v) is 6.44. The Morgan fingerprint density at radius 2 is 0.756 bits per heavy atom. The Morgan fingerprint density at radius 1 is 0.289 bits per heavy atom. The minimum absolute atomic E-state index is 0.839. The van der Waals surface area contributed by atoms with Crippen molar-refractivity contribution in [2.45, 2.75) is 0 Å². The lowest BCUT2D eigenvalue weighted by Gasteiger charge is -2.25. The topological polar surface area (TPSA) is 29.5 Å². The summed E-state index contributed by atoms with van der Waals surface area (Å²) < 4.78 is 12.9. The van der Waals surface area contributed by atoms with Crippen LogP contribution in [0.15, 0.2) is 173 Å². The molecule has 212 valence electrons. The monoisotopic (exact) mass is 577 g/mol. The average Bonchev–Trinajstić information content (AvgIpc) is 3.65. The van der Waals surface area contributed by atoms with Crippen molar-refractivity contribution in [1.82, 2.24) is 0 Å². The van der Waals surface area contributed by atoms with Gasteiger partial charge in [-0.3, -0.25) is 0 Å². The molecule has 0 aliphatic carbocycles. The molecule has 9 aromatic rings. The molecule has 9 rings (SSSR count). The molecule has 0 radical (unpaired) electrons. The maximum atomic E-state index is 6.56. The molecule has 0 fully saturated rings. The summed E-state index contributed by atoms with van der Waals surface area (Å²) in [6.07, 6.45) is 0. The first-order chi connectivity index (χ1) is 22.3. The van der Waals surface area contributed by atoms with E-state index in [-0.39, 0.29) is 0 Å². The average molecular weight is 578 g/mol. The van der Waals surface area contributed by atoms with Crippen molar-refractivity contribution >= 4 is 60.9 Å². The van der Waals surface area contributed by atoms with Crippen LogP contribution in [0.1, 0.15) is 0 Å². The first-order valence-corrected chi connectivity index (χ1v) is 15.2. The third-order valence-corrected chi connectivity index (χ3v) is 8.66. The van der Waals surface area contributed by atoms with Crippen molar-refractivity contribution in [1.29, 1.82) is 0 Å². The smallest absolute Gasteiger partial charge is 0.137 e. The van der Waals surface area contributed by atoms with Crippen molar-refractivity contribution in [2.75, 3.05) is 4.90 Å². The molecule has 45 heavy (non-hydrogen) atoms. The third kappa shape index (κ3) is 4.37. The third-order valence-electron chi connectivity index (χ3n) is 8.66. The Balaban J connectivity index is 1.16. The zero-order valence-corrected chi connectivity index (χ0v) is 24.4. The molecule has 2 heterocycles. The van der Waals surface area contributed by atoms with Gasteiger partial charge >= 0.3 is 0 Å². The van der Waals surface area contributed by atoms with E-state index >= 15 is 0 Å². The van der Waals surface area contributed by atoms with E-state index in [1.165, 1.54) is 16.7 Å². The number of rotatable bonds is 5. The highest BCUT2D eigenvalue weighted by Crippen LogP contribution is 2.41. The molecular weight excluding hydrogens is 550 g/mol. The second-order valence-electron chi connectivity index (χ2n) is 11.4. The van der Waals surface area contributed by atoms with Gasteiger partial charge in [-0.25, -0.2) is 0 Å². The number of hydrogen-bond acceptors (Lipinski definition) is 3. The van der Waals surface area contributed by atoms with Crippen molar-refractivity contribution < 1.29 is 8.83 Å². The number of nitrogens with zero attached hydrogens (tertiary/aromatic N) is 1. The van der Waals surface area contributed by atoms with Crippen molar-refractivity contribution in [3.63, 3.8) is 0 Å². The molecule has 3 heteroatoms. The molecule has 0 spiro atoms. The molecule has 0 saturated heterocycles. The largest absolute Gasteiger partial charge is 0.456 e. The highest BCUT2D eigenvalue weighted by atomic mass is 16.3. The fourth-order valence-electron chi connectivity index (χ4n) is 6.44. The molecule has 7 aromatic carbocycles. The number of fused-ring (bicyclic) bond motifs is 6. The van der Waals surface area contributed by atoms with Crippen LogP contribution in [0.5, 0.6) is 0 Å². The van der Waals surface area contributed by atoms with E-state index in [4.69, 9.17) is 8.83 Å². The van der Waals surface area contributed by atoms with Gasteiger partial charge in [-0.1, -0.05) is 97.1 Å². The molecule has 0 amide bonds. The molecule has 0 atom stereocenters. The SMILES string of the molecule is c1ccc(-c2ccc(N(c3ccccc3)c3ccc4c(c3)oc3cc5c(cc34)oc3ccc(-c4ccccc4)cc35)cc2)cc1. The molecule has 0 saturated carbocycles. The van der Waals surface area contributed by atoms with Gasteiger partial charge in [0.25, 0.3) is 0 Å². The lowest BCUT2D eigenvalue weighted by molar-refractivity contribution is 0.664. The zero-order chi connectivity index (χ0) is 29.7. The summed E-state index contributed by atoms with van der Waals surface area (Å²) in [6, 6.07) is 57.2. The van der Waals surface area contributed by atoms with E-state index in [0.717, 1.165) is 66.5 Å². The maximum absolute atomic E-state index is 6.56. The van der Waals surface area contributed by atoms with Crippen LogP contribution in [0.3, 0.4) is 0 Å². The van der Waals surface area contributed by atoms with E-state index < -0.39 is 0 Å². The molecule has 3 nitrogen and oxygen atoms in total. The Hall–Kier alpha value is -6.06. The predicted molar refractivity (Wildman–Crippen MR) is 187 cm³/mol. The maximum Gasteiger partial charge on any atom is 0.137 e. The molecular formula is C42H27NO2. The van der Waals surface area contributed by atoms with Crippen LogP contribution in [0.25, 0.3) is 66.1 Å². The molecule has 0 aliphatic heterocycles. The summed E-state index contributed by atoms with van der Waals surface area (Å²) in [4.78, 5) is 2.27. The molecule has 2 aromatic heterocycles. The number of hydrogen-bond donors (Lipinski definition) is 0. The number of anilines is 3. The normalized spacial score (nSPS) is 11.6. The lowest BCUT2D eigenvalue weighted by Crippen LogP contribution is -2.09. The Morgan fingerprint density at radius 3 is 1.44 bits per heavy atom. The van der Waals surface area contributed by atoms with Crippen LogP contribution >= 0.6 is 0 Å². The lowest BCUT2D eigenvalue weighted by atomic mass is 10.0. The Labute approximate surface area is 260 Å². The van der Waals surface area contributed by atoms with Crippen LogP contribution < -0.4 is 4.90 Å². The van der Waals surface area contributed by atoms with Gasteiger partial charge in [-0.2, -0.15) is 0 Å². The number of benzene rings is 7. The van der Waals surface area contributed by atoms with E-state index in [1.54, 1.807) is 0 Å². The minimum atomic E-state index is 0.839. The highest BCUT2D eigenvalue weighted by Gasteiger charge is 2.17. The van der Waals surface area contributed by atoms with E-state index in [0.29, 0.717) is 0 Å². The quantitative estimate of drug-likeness (QED) is 0.204. The summed E-state index contributed by atoms with van der Waals surface area (Å²) >= 11 is 0. The van der Waals surface area contributed by atoms with Crippen LogP contribution in [-0.4, -0.2) is 0 Å². The van der Waals surface area contributed by atoms with Gasteiger partial charge in [-0.15, -0.1) is 0 Å². The zero-order valence-electron chi connectivity index (χ0n) is 24.4. The van der Waals surface area contributed by atoms with Crippen molar-refractivity contribution in [3.05, 3.63) is 164 Å². The van der Waals surface area contributed by atoms with Crippen LogP contribution in [-0.2, 0) is 0 Å². The first kappa shape index (κ1) is 25.4. The fraction of sp³-hybridized carbons (Fsp3) is 0. The number of furan rings is 2. The molecule has 0 bridgehead atoms. The molecule has 0 unspecified atom stereocenters. The second kappa shape index (κ2) is 10.3. The summed E-state index contributed by atoms with van der Waals surface area (Å²) in [5.74, 6) is 0. The van der Waals surface area contributed by atoms with E-state index in [2.05, 4.69) is 150 Å². The molecule has 0 N–H and O–H groups in total. The van der Waals surface area contributed by atoms with Crippen molar-refractivity contribution in [2.24, 2.45) is 0 Å². The Bertz CT molecular complexity index is 2460. The van der Waals surface area contributed by atoms with E-state index in [9.17, 15) is 0 Å². The van der Waals surface area contributed by atoms with E-state index in [1.807, 2.05) is 18.2 Å². The van der Waals surface area contributed by atoms with Gasteiger partial charge in [0, 0.05) is 44.7 Å². The summed E-state index contributed by atoms with van der Waals surface area (Å²) in [7, 11) is 0. The van der Waals surface area contributed by atoms with Gasteiger partial charge in [0.1, 0.15) is 22.3 Å². The number of para-hydroxylation sites is 1. The van der Waals surface area contributed by atoms with Gasteiger partial charge in [0.15, 0.2) is 0 Å². The van der Waals surface area contributed by atoms with Crippen LogP contribution in [0.4, 0.5) is 17.1 Å². The van der Waals surface area contributed by atoms with Crippen molar-refractivity contribution in [3.8, 4) is 22.3 Å². The minimum Gasteiger partial charge on any atom is -0.456 e. The predicted octanol–water partition coefficient (Wildman–Crippen LogP) is 12.3. The molecule has 0 aliphatic rings. The highest BCUT2D eigenvalue weighted by molar-refractivity contribution is 6.15. The summed E-state index contributed by atoms with van der Waals surface area (Å²) in [5, 5.41) is 4.25. The standard InChI is InChI=1S/C42H27NO2/c1-4-10-28(11-5-1)30-16-19-33(20-17-30)43(32-14-8-3-9-15-32)34-21-22-35-37-26-42-38(27-41(37)45-40(35)25-34)36-24-31(18-23-39(36)44-42)29-12-6-2-7-13-29/h1-27H. The van der Waals surface area contributed by atoms with Crippen LogP contribution in [0.2, 0.25) is 0 Å². The summed E-state index contributed by atoms with van der Waals surface area (Å²) in [5.41, 5.74) is 11.4. The Kier molecular flexibility index (Phi) is 5.82. The second-order valence-corrected chi connectivity index (χ2v) is 11.4. The van der Waals surface area contributed by atoms with Gasteiger partial charge in [0.2, 0.25) is 0 Å².